The van der Waals surface area contributed by atoms with Gasteiger partial charge in [0.2, 0.25) is 10.0 Å². The Kier molecular flexibility index (Phi) is 5.75. The Labute approximate surface area is 162 Å². The molecule has 0 bridgehead atoms. The Morgan fingerprint density at radius 1 is 1.15 bits per heavy atom. The predicted molar refractivity (Wildman–Crippen MR) is 103 cm³/mol. The number of carbonyl (C=O) groups excluding carboxylic acids is 2. The third-order valence-corrected chi connectivity index (χ3v) is 7.44. The third-order valence-electron chi connectivity index (χ3n) is 4.23. The molecule has 1 aliphatic heterocycles. The van der Waals surface area contributed by atoms with E-state index in [0.29, 0.717) is 47.3 Å². The molecule has 1 aliphatic rings. The van der Waals surface area contributed by atoms with Crippen LogP contribution in [0.15, 0.2) is 35.2 Å². The van der Waals surface area contributed by atoms with Crippen LogP contribution in [0.1, 0.15) is 31.8 Å². The molecule has 0 saturated carbocycles. The molecule has 1 aromatic carbocycles. The maximum absolute atomic E-state index is 12.8. The molecular weight excluding hydrogens is 388 g/mol. The molecule has 0 atom stereocenters. The monoisotopic (exact) mass is 408 g/mol. The summed E-state index contributed by atoms with van der Waals surface area (Å²) < 4.78 is 32.2. The first-order valence-corrected chi connectivity index (χ1v) is 10.7. The Bertz CT molecular complexity index is 958. The number of Topliss-reactive ketones (excluding diaryl/α,β-unsaturated/α-hetero) is 1. The Hall–Kier alpha value is -2.07. The summed E-state index contributed by atoms with van der Waals surface area (Å²) in [5.41, 5.74) is 1.09. The zero-order valence-electron chi connectivity index (χ0n) is 15.0. The molecule has 2 heterocycles. The Morgan fingerprint density at radius 2 is 1.78 bits per heavy atom. The molecule has 1 N–H and O–H groups in total. The van der Waals surface area contributed by atoms with E-state index in [1.54, 1.807) is 31.2 Å². The molecule has 0 spiro atoms. The topological polar surface area (TPSA) is 92.8 Å². The number of morpholine rings is 1. The molecule has 7 nitrogen and oxygen atoms in total. The zero-order valence-corrected chi connectivity index (χ0v) is 16.7. The summed E-state index contributed by atoms with van der Waals surface area (Å²) in [6, 6.07) is 7.96. The van der Waals surface area contributed by atoms with E-state index in [1.807, 2.05) is 0 Å². The first-order chi connectivity index (χ1) is 12.8. The minimum Gasteiger partial charge on any atom is -0.379 e. The lowest BCUT2D eigenvalue weighted by molar-refractivity contribution is 0.0730. The lowest BCUT2D eigenvalue weighted by atomic mass is 10.1. The second kappa shape index (κ2) is 7.89. The molecule has 3 rings (SSSR count). The lowest BCUT2D eigenvalue weighted by Gasteiger charge is -2.25. The van der Waals surface area contributed by atoms with Crippen LogP contribution in [0.3, 0.4) is 0 Å². The number of nitrogens with one attached hydrogen (secondary N) is 1. The molecule has 0 aliphatic carbocycles. The number of hydrogen-bond acceptors (Lipinski definition) is 6. The van der Waals surface area contributed by atoms with Crippen molar-refractivity contribution in [3.63, 3.8) is 0 Å². The Morgan fingerprint density at radius 3 is 2.37 bits per heavy atom. The van der Waals surface area contributed by atoms with Crippen molar-refractivity contribution in [1.82, 2.24) is 4.31 Å². The van der Waals surface area contributed by atoms with Gasteiger partial charge < -0.3 is 10.1 Å². The fourth-order valence-electron chi connectivity index (χ4n) is 2.74. The van der Waals surface area contributed by atoms with Gasteiger partial charge in [0, 0.05) is 29.2 Å². The summed E-state index contributed by atoms with van der Waals surface area (Å²) in [6.07, 6.45) is 0. The number of aryl methyl sites for hydroxylation is 1. The number of ether oxygens (including phenoxy) is 1. The van der Waals surface area contributed by atoms with Crippen LogP contribution in [0.2, 0.25) is 0 Å². The number of thiophene rings is 1. The first kappa shape index (κ1) is 19.7. The highest BCUT2D eigenvalue weighted by Crippen LogP contribution is 2.29. The van der Waals surface area contributed by atoms with E-state index in [1.165, 1.54) is 17.3 Å². The van der Waals surface area contributed by atoms with Crippen molar-refractivity contribution < 1.29 is 22.7 Å². The molecule has 1 saturated heterocycles. The average molecular weight is 409 g/mol. The van der Waals surface area contributed by atoms with Gasteiger partial charge in [-0.15, -0.1) is 11.3 Å². The highest BCUT2D eigenvalue weighted by atomic mass is 32.2. The van der Waals surface area contributed by atoms with E-state index < -0.39 is 10.0 Å². The number of carbonyl (C=O) groups is 2. The maximum atomic E-state index is 12.8. The van der Waals surface area contributed by atoms with Crippen molar-refractivity contribution in [2.75, 3.05) is 31.6 Å². The molecule has 0 unspecified atom stereocenters. The normalized spacial score (nSPS) is 15.5. The zero-order chi connectivity index (χ0) is 19.6. The van der Waals surface area contributed by atoms with E-state index in [0.717, 1.165) is 11.3 Å². The van der Waals surface area contributed by atoms with Crippen LogP contribution in [0.4, 0.5) is 5.69 Å². The van der Waals surface area contributed by atoms with Gasteiger partial charge in [-0.1, -0.05) is 0 Å². The number of hydrogen-bond donors (Lipinski definition) is 1. The number of amides is 1. The van der Waals surface area contributed by atoms with Crippen molar-refractivity contribution in [3.8, 4) is 0 Å². The van der Waals surface area contributed by atoms with Gasteiger partial charge in [-0.05, 0) is 44.2 Å². The molecule has 144 valence electrons. The number of sulfonamides is 1. The largest absolute Gasteiger partial charge is 0.379 e. The second-order valence-electron chi connectivity index (χ2n) is 6.14. The quantitative estimate of drug-likeness (QED) is 0.768. The van der Waals surface area contributed by atoms with E-state index in [9.17, 15) is 18.0 Å². The predicted octanol–water partition coefficient (Wildman–Crippen LogP) is 2.53. The van der Waals surface area contributed by atoms with E-state index in [4.69, 9.17) is 4.74 Å². The van der Waals surface area contributed by atoms with E-state index in [2.05, 4.69) is 5.32 Å². The average Bonchev–Trinajstić information content (AvgIpc) is 3.05. The fourth-order valence-corrected chi connectivity index (χ4v) is 5.60. The van der Waals surface area contributed by atoms with Gasteiger partial charge in [-0.3, -0.25) is 9.59 Å². The minimum atomic E-state index is -3.65. The second-order valence-corrected chi connectivity index (χ2v) is 9.30. The summed E-state index contributed by atoms with van der Waals surface area (Å²) in [6.45, 7) is 4.51. The van der Waals surface area contributed by atoms with Crippen LogP contribution >= 0.6 is 11.3 Å². The van der Waals surface area contributed by atoms with Crippen molar-refractivity contribution in [1.29, 1.82) is 0 Å². The summed E-state index contributed by atoms with van der Waals surface area (Å²) in [4.78, 5) is 24.9. The first-order valence-electron chi connectivity index (χ1n) is 8.40. The summed E-state index contributed by atoms with van der Waals surface area (Å²) in [7, 11) is -3.65. The molecule has 1 amide bonds. The molecule has 9 heteroatoms. The van der Waals surface area contributed by atoms with E-state index in [-0.39, 0.29) is 16.6 Å². The highest BCUT2D eigenvalue weighted by molar-refractivity contribution is 7.89. The lowest BCUT2D eigenvalue weighted by Crippen LogP contribution is -2.40. The molecule has 1 aromatic heterocycles. The number of anilines is 1. The number of rotatable bonds is 5. The van der Waals surface area contributed by atoms with E-state index >= 15 is 0 Å². The molecular formula is C18H20N2O5S2. The molecule has 0 radical (unpaired) electrons. The summed E-state index contributed by atoms with van der Waals surface area (Å²) >= 11 is 1.14. The van der Waals surface area contributed by atoms with Gasteiger partial charge in [0.1, 0.15) is 0 Å². The van der Waals surface area contributed by atoms with Gasteiger partial charge in [0.05, 0.1) is 23.0 Å². The van der Waals surface area contributed by atoms with Crippen LogP contribution < -0.4 is 5.32 Å². The fraction of sp³-hybridized carbons (Fsp3) is 0.333. The minimum absolute atomic E-state index is 0.0558. The van der Waals surface area contributed by atoms with Crippen LogP contribution in [0.5, 0.6) is 0 Å². The van der Waals surface area contributed by atoms with Crippen LogP contribution in [-0.2, 0) is 14.8 Å². The van der Waals surface area contributed by atoms with Gasteiger partial charge in [-0.2, -0.15) is 4.31 Å². The third kappa shape index (κ3) is 4.27. The number of benzene rings is 1. The summed E-state index contributed by atoms with van der Waals surface area (Å²) in [5, 5.41) is 2.73. The highest BCUT2D eigenvalue weighted by Gasteiger charge is 2.30. The van der Waals surface area contributed by atoms with Crippen molar-refractivity contribution >= 4 is 38.7 Å². The van der Waals surface area contributed by atoms with Crippen LogP contribution in [-0.4, -0.2) is 50.7 Å². The van der Waals surface area contributed by atoms with Crippen molar-refractivity contribution in [3.05, 3.63) is 45.6 Å². The smallest absolute Gasteiger partial charge is 0.265 e. The van der Waals surface area contributed by atoms with Gasteiger partial charge in [-0.25, -0.2) is 8.42 Å². The van der Waals surface area contributed by atoms with Crippen molar-refractivity contribution in [2.45, 2.75) is 18.7 Å². The Balaban J connectivity index is 1.78. The standard InChI is InChI=1S/C18H20N2O5S2/c1-12(21)14-3-5-15(6-4-14)19-18(22)16-11-17(13(2)26-16)27(23,24)20-7-9-25-10-8-20/h3-6,11H,7-10H2,1-2H3,(H,19,22). The van der Waals surface area contributed by atoms with Gasteiger partial charge in [0.25, 0.3) is 5.91 Å². The number of ketones is 1. The van der Waals surface area contributed by atoms with Crippen LogP contribution in [0, 0.1) is 6.92 Å². The van der Waals surface area contributed by atoms with Gasteiger partial charge >= 0.3 is 0 Å². The molecule has 27 heavy (non-hydrogen) atoms. The number of nitrogens with zero attached hydrogens (tertiary/aromatic N) is 1. The molecule has 1 fully saturated rings. The SMILES string of the molecule is CC(=O)c1ccc(NC(=O)c2cc(S(=O)(=O)N3CCOCC3)c(C)s2)cc1. The summed E-state index contributed by atoms with van der Waals surface area (Å²) in [5.74, 6) is -0.443. The van der Waals surface area contributed by atoms with Gasteiger partial charge in [0.15, 0.2) is 5.78 Å². The van der Waals surface area contributed by atoms with Crippen molar-refractivity contribution in [2.24, 2.45) is 0 Å². The molecule has 2 aromatic rings. The van der Waals surface area contributed by atoms with Crippen LogP contribution in [0.25, 0.3) is 0 Å². The maximum Gasteiger partial charge on any atom is 0.265 e.